The van der Waals surface area contributed by atoms with Crippen molar-refractivity contribution < 1.29 is 34.8 Å². The molecular formula is C10H8BrF6NO2S. The van der Waals surface area contributed by atoms with Gasteiger partial charge in [-0.15, -0.1) is 0 Å². The van der Waals surface area contributed by atoms with Crippen molar-refractivity contribution in [3.05, 3.63) is 29.6 Å². The van der Waals surface area contributed by atoms with Gasteiger partial charge < -0.3 is 0 Å². The highest BCUT2D eigenvalue weighted by Crippen LogP contribution is 2.27. The summed E-state index contributed by atoms with van der Waals surface area (Å²) in [4.78, 5) is -1.62. The first-order valence-electron chi connectivity index (χ1n) is 5.26. The van der Waals surface area contributed by atoms with E-state index < -0.39 is 51.6 Å². The lowest BCUT2D eigenvalue weighted by molar-refractivity contribution is -0.135. The summed E-state index contributed by atoms with van der Waals surface area (Å²) in [6, 6.07) is 0.158. The first kappa shape index (κ1) is 18.2. The van der Waals surface area contributed by atoms with Crippen LogP contribution in [-0.4, -0.2) is 37.3 Å². The number of benzene rings is 1. The Hall–Kier alpha value is -0.810. The Morgan fingerprint density at radius 3 is 1.95 bits per heavy atom. The standard InChI is InChI=1S/C10H8BrF6NO2S/c11-1-2-18(5-10(15,16)17)21(19,20)9-7(13)3-6(12)4-8(9)14/h3-4H,1-2,5H2. The van der Waals surface area contributed by atoms with Gasteiger partial charge in [-0.3, -0.25) is 0 Å². The minimum absolute atomic E-state index is 0.0792. The van der Waals surface area contributed by atoms with Crippen LogP contribution in [0.2, 0.25) is 0 Å². The molecule has 0 radical (unpaired) electrons. The molecule has 0 aliphatic heterocycles. The fourth-order valence-corrected chi connectivity index (χ4v) is 3.66. The molecule has 120 valence electrons. The Kier molecular flexibility index (Phi) is 5.67. The van der Waals surface area contributed by atoms with E-state index in [4.69, 9.17) is 0 Å². The smallest absolute Gasteiger partial charge is 0.207 e. The number of sulfonamides is 1. The molecule has 0 fully saturated rings. The lowest BCUT2D eigenvalue weighted by Crippen LogP contribution is -2.40. The van der Waals surface area contributed by atoms with Gasteiger partial charge in [0.15, 0.2) is 4.90 Å². The topological polar surface area (TPSA) is 37.4 Å². The van der Waals surface area contributed by atoms with Crippen LogP contribution in [0.3, 0.4) is 0 Å². The molecule has 0 saturated heterocycles. The van der Waals surface area contributed by atoms with Crippen LogP contribution in [0.5, 0.6) is 0 Å². The number of hydrogen-bond donors (Lipinski definition) is 0. The maximum atomic E-state index is 13.5. The van der Waals surface area contributed by atoms with Crippen molar-refractivity contribution in [2.45, 2.75) is 11.1 Å². The van der Waals surface area contributed by atoms with Crippen molar-refractivity contribution in [3.8, 4) is 0 Å². The van der Waals surface area contributed by atoms with Crippen molar-refractivity contribution >= 4 is 26.0 Å². The summed E-state index contributed by atoms with van der Waals surface area (Å²) in [5, 5.41) is -0.188. The minimum atomic E-state index is -5.11. The van der Waals surface area contributed by atoms with Crippen LogP contribution in [0.4, 0.5) is 26.3 Å². The molecular weight excluding hydrogens is 392 g/mol. The zero-order chi connectivity index (χ0) is 16.4. The molecule has 0 saturated carbocycles. The third kappa shape index (κ3) is 4.58. The SMILES string of the molecule is O=S(=O)(c1c(F)cc(F)cc1F)N(CCBr)CC(F)(F)F. The molecule has 1 aromatic rings. The Balaban J connectivity index is 3.36. The van der Waals surface area contributed by atoms with Crippen molar-refractivity contribution in [2.24, 2.45) is 0 Å². The van der Waals surface area contributed by atoms with E-state index in [0.717, 1.165) is 0 Å². The van der Waals surface area contributed by atoms with Crippen molar-refractivity contribution in [2.75, 3.05) is 18.4 Å². The van der Waals surface area contributed by atoms with E-state index in [1.165, 1.54) is 0 Å². The fraction of sp³-hybridized carbons (Fsp3) is 0.400. The normalized spacial score (nSPS) is 13.0. The highest BCUT2D eigenvalue weighted by Gasteiger charge is 2.39. The van der Waals surface area contributed by atoms with Crippen LogP contribution in [-0.2, 0) is 10.0 Å². The van der Waals surface area contributed by atoms with Crippen LogP contribution in [0.25, 0.3) is 0 Å². The second-order valence-corrected chi connectivity index (χ2v) is 6.51. The zero-order valence-electron chi connectivity index (χ0n) is 10.1. The molecule has 1 aromatic carbocycles. The van der Waals surface area contributed by atoms with Crippen molar-refractivity contribution in [3.63, 3.8) is 0 Å². The Bertz CT molecular complexity index is 595. The van der Waals surface area contributed by atoms with Crippen LogP contribution in [0.15, 0.2) is 17.0 Å². The Morgan fingerprint density at radius 2 is 1.57 bits per heavy atom. The third-order valence-corrected chi connectivity index (χ3v) is 4.50. The number of hydrogen-bond acceptors (Lipinski definition) is 2. The van der Waals surface area contributed by atoms with Gasteiger partial charge in [0.1, 0.15) is 24.0 Å². The highest BCUT2D eigenvalue weighted by atomic mass is 79.9. The van der Waals surface area contributed by atoms with Crippen molar-refractivity contribution in [1.29, 1.82) is 0 Å². The fourth-order valence-electron chi connectivity index (χ4n) is 1.48. The van der Waals surface area contributed by atoms with Crippen LogP contribution >= 0.6 is 15.9 Å². The van der Waals surface area contributed by atoms with E-state index in [0.29, 0.717) is 0 Å². The van der Waals surface area contributed by atoms with E-state index >= 15 is 0 Å². The Labute approximate surface area is 124 Å². The van der Waals surface area contributed by atoms with Gasteiger partial charge in [0.25, 0.3) is 0 Å². The molecule has 0 amide bonds. The number of rotatable bonds is 5. The van der Waals surface area contributed by atoms with Crippen molar-refractivity contribution in [1.82, 2.24) is 4.31 Å². The monoisotopic (exact) mass is 399 g/mol. The van der Waals surface area contributed by atoms with E-state index in [2.05, 4.69) is 15.9 Å². The predicted molar refractivity (Wildman–Crippen MR) is 64.9 cm³/mol. The number of alkyl halides is 4. The van der Waals surface area contributed by atoms with Gasteiger partial charge in [0.2, 0.25) is 10.0 Å². The lowest BCUT2D eigenvalue weighted by Gasteiger charge is -2.23. The summed E-state index contributed by atoms with van der Waals surface area (Å²) < 4.78 is 101. The van der Waals surface area contributed by atoms with Gasteiger partial charge in [-0.2, -0.15) is 17.5 Å². The van der Waals surface area contributed by atoms with Crippen LogP contribution in [0, 0.1) is 17.5 Å². The molecule has 0 aliphatic rings. The molecule has 0 N–H and O–H groups in total. The first-order chi connectivity index (χ1) is 9.49. The highest BCUT2D eigenvalue weighted by molar-refractivity contribution is 9.09. The summed E-state index contributed by atoms with van der Waals surface area (Å²) >= 11 is 2.75. The van der Waals surface area contributed by atoms with E-state index in [9.17, 15) is 34.8 Å². The van der Waals surface area contributed by atoms with Gasteiger partial charge in [-0.25, -0.2) is 21.6 Å². The molecule has 0 bridgehead atoms. The van der Waals surface area contributed by atoms with Gasteiger partial charge in [-0.1, -0.05) is 15.9 Å². The summed E-state index contributed by atoms with van der Waals surface area (Å²) in [5.41, 5.74) is 0. The van der Waals surface area contributed by atoms with Crippen LogP contribution in [0.1, 0.15) is 0 Å². The lowest BCUT2D eigenvalue weighted by atomic mass is 10.3. The van der Waals surface area contributed by atoms with Gasteiger partial charge in [-0.05, 0) is 0 Å². The number of halogens is 7. The second kappa shape index (κ2) is 6.53. The summed E-state index contributed by atoms with van der Waals surface area (Å²) in [5.74, 6) is -4.98. The van der Waals surface area contributed by atoms with E-state index in [1.54, 1.807) is 0 Å². The van der Waals surface area contributed by atoms with E-state index in [-0.39, 0.29) is 21.8 Å². The maximum absolute atomic E-state index is 13.5. The minimum Gasteiger partial charge on any atom is -0.207 e. The van der Waals surface area contributed by atoms with Gasteiger partial charge in [0, 0.05) is 24.0 Å². The molecule has 0 heterocycles. The molecule has 1 rings (SSSR count). The van der Waals surface area contributed by atoms with Gasteiger partial charge in [0.05, 0.1) is 0 Å². The third-order valence-electron chi connectivity index (χ3n) is 2.25. The summed E-state index contributed by atoms with van der Waals surface area (Å²) in [6.45, 7) is -2.59. The maximum Gasteiger partial charge on any atom is 0.402 e. The molecule has 21 heavy (non-hydrogen) atoms. The Morgan fingerprint density at radius 1 is 1.10 bits per heavy atom. The summed E-state index contributed by atoms with van der Waals surface area (Å²) in [7, 11) is -5.11. The average Bonchev–Trinajstić information content (AvgIpc) is 2.24. The first-order valence-corrected chi connectivity index (χ1v) is 7.82. The molecule has 0 aliphatic carbocycles. The molecule has 3 nitrogen and oxygen atoms in total. The number of nitrogens with zero attached hydrogens (tertiary/aromatic N) is 1. The van der Waals surface area contributed by atoms with E-state index in [1.807, 2.05) is 0 Å². The molecule has 0 unspecified atom stereocenters. The van der Waals surface area contributed by atoms with Crippen LogP contribution < -0.4 is 0 Å². The molecule has 0 spiro atoms. The zero-order valence-corrected chi connectivity index (χ0v) is 12.5. The molecule has 11 heteroatoms. The predicted octanol–water partition coefficient (Wildman–Crippen LogP) is 3.05. The molecule has 0 aromatic heterocycles. The quantitative estimate of drug-likeness (QED) is 0.563. The summed E-state index contributed by atoms with van der Waals surface area (Å²) in [6.07, 6.45) is -4.90. The largest absolute Gasteiger partial charge is 0.402 e. The second-order valence-electron chi connectivity index (χ2n) is 3.84. The van der Waals surface area contributed by atoms with Gasteiger partial charge >= 0.3 is 6.18 Å². The average molecular weight is 400 g/mol. The molecule has 0 atom stereocenters.